The van der Waals surface area contributed by atoms with E-state index in [1.54, 1.807) is 11.1 Å². The zero-order chi connectivity index (χ0) is 13.6. The molecule has 0 fully saturated rings. The van der Waals surface area contributed by atoms with Crippen LogP contribution < -0.4 is 4.90 Å². The number of amides is 1. The number of carbonyl (C=O) groups is 1. The Bertz CT molecular complexity index is 644. The van der Waals surface area contributed by atoms with Gasteiger partial charge >= 0.3 is 0 Å². The second-order valence-corrected chi connectivity index (χ2v) is 5.31. The van der Waals surface area contributed by atoms with Gasteiger partial charge in [0.05, 0.1) is 11.1 Å². The molecule has 95 valence electrons. The van der Waals surface area contributed by atoms with E-state index < -0.39 is 5.41 Å². The van der Waals surface area contributed by atoms with E-state index >= 15 is 0 Å². The molecule has 19 heavy (non-hydrogen) atoms. The van der Waals surface area contributed by atoms with Crippen molar-refractivity contribution < 1.29 is 4.79 Å². The number of pyridine rings is 1. The molecule has 3 heteroatoms. The number of hydrogen-bond donors (Lipinski definition) is 0. The normalized spacial score (nSPS) is 16.6. The maximum atomic E-state index is 12.6. The Kier molecular flexibility index (Phi) is 2.45. The predicted molar refractivity (Wildman–Crippen MR) is 75.3 cm³/mol. The van der Waals surface area contributed by atoms with E-state index in [1.165, 1.54) is 0 Å². The molecule has 1 aliphatic rings. The lowest BCUT2D eigenvalue weighted by Gasteiger charge is -2.19. The highest BCUT2D eigenvalue weighted by Crippen LogP contribution is 2.43. The molecule has 0 saturated heterocycles. The number of aromatic nitrogens is 1. The van der Waals surface area contributed by atoms with E-state index in [4.69, 9.17) is 0 Å². The smallest absolute Gasteiger partial charge is 0.242 e. The first-order valence-electron chi connectivity index (χ1n) is 6.24. The van der Waals surface area contributed by atoms with E-state index in [-0.39, 0.29) is 5.91 Å². The molecule has 0 atom stereocenters. The molecule has 2 heterocycles. The number of benzene rings is 1. The standard InChI is InChI=1S/C16H15N2O/c1-11-6-8-12(9-7-11)18-14-13(5-4-10-17-14)16(2,3)15(18)19/h4-10H,1H2,2-3H3. The molecule has 1 aliphatic heterocycles. The van der Waals surface area contributed by atoms with Crippen LogP contribution in [0, 0.1) is 6.92 Å². The van der Waals surface area contributed by atoms with Crippen LogP contribution in [0.15, 0.2) is 42.6 Å². The number of rotatable bonds is 1. The fraction of sp³-hybridized carbons (Fsp3) is 0.188. The van der Waals surface area contributed by atoms with Gasteiger partial charge < -0.3 is 0 Å². The average Bonchev–Trinajstić information content (AvgIpc) is 2.60. The number of nitrogens with zero attached hydrogens (tertiary/aromatic N) is 2. The zero-order valence-corrected chi connectivity index (χ0v) is 11.1. The summed E-state index contributed by atoms with van der Waals surface area (Å²) in [6.45, 7) is 7.73. The number of carbonyl (C=O) groups excluding carboxylic acids is 1. The van der Waals surface area contributed by atoms with Gasteiger partial charge in [0.15, 0.2) is 0 Å². The van der Waals surface area contributed by atoms with Gasteiger partial charge in [0.1, 0.15) is 5.82 Å². The van der Waals surface area contributed by atoms with Gasteiger partial charge in [-0.2, -0.15) is 0 Å². The van der Waals surface area contributed by atoms with Crippen LogP contribution in [0.4, 0.5) is 11.5 Å². The van der Waals surface area contributed by atoms with Crippen molar-refractivity contribution >= 4 is 17.4 Å². The van der Waals surface area contributed by atoms with Crippen LogP contribution in [0.2, 0.25) is 0 Å². The van der Waals surface area contributed by atoms with Crippen molar-refractivity contribution in [3.05, 3.63) is 60.6 Å². The van der Waals surface area contributed by atoms with Gasteiger partial charge in [0.2, 0.25) is 5.91 Å². The van der Waals surface area contributed by atoms with Crippen molar-refractivity contribution in [3.8, 4) is 0 Å². The molecule has 3 rings (SSSR count). The fourth-order valence-electron chi connectivity index (χ4n) is 2.44. The lowest BCUT2D eigenvalue weighted by atomic mass is 9.87. The van der Waals surface area contributed by atoms with Crippen molar-refractivity contribution in [2.45, 2.75) is 19.3 Å². The van der Waals surface area contributed by atoms with Crippen LogP contribution in [-0.4, -0.2) is 10.9 Å². The first-order chi connectivity index (χ1) is 9.01. The summed E-state index contributed by atoms with van der Waals surface area (Å²) in [6, 6.07) is 11.4. The van der Waals surface area contributed by atoms with E-state index in [0.29, 0.717) is 0 Å². The molecule has 3 nitrogen and oxygen atoms in total. The second kappa shape index (κ2) is 3.92. The first kappa shape index (κ1) is 11.9. The fourth-order valence-corrected chi connectivity index (χ4v) is 2.44. The van der Waals surface area contributed by atoms with Crippen molar-refractivity contribution in [1.82, 2.24) is 4.98 Å². The number of anilines is 2. The van der Waals surface area contributed by atoms with Crippen LogP contribution in [0.5, 0.6) is 0 Å². The van der Waals surface area contributed by atoms with Crippen LogP contribution in [0.1, 0.15) is 25.0 Å². The molecule has 1 radical (unpaired) electrons. The summed E-state index contributed by atoms with van der Waals surface area (Å²) in [4.78, 5) is 18.7. The van der Waals surface area contributed by atoms with Crippen LogP contribution >= 0.6 is 0 Å². The minimum Gasteiger partial charge on any atom is -0.273 e. The minimum atomic E-state index is -0.535. The largest absolute Gasteiger partial charge is 0.273 e. The molecule has 0 aliphatic carbocycles. The number of fused-ring (bicyclic) bond motifs is 1. The average molecular weight is 251 g/mol. The SMILES string of the molecule is [CH2]c1ccc(N2C(=O)C(C)(C)c3cccnc32)cc1. The summed E-state index contributed by atoms with van der Waals surface area (Å²) in [5.74, 6) is 0.785. The Hall–Kier alpha value is -2.16. The van der Waals surface area contributed by atoms with Crippen LogP contribution in [0.3, 0.4) is 0 Å². The minimum absolute atomic E-state index is 0.0537. The lowest BCUT2D eigenvalue weighted by molar-refractivity contribution is -0.121. The van der Waals surface area contributed by atoms with E-state index in [0.717, 1.165) is 22.6 Å². The third-order valence-electron chi connectivity index (χ3n) is 3.60. The summed E-state index contributed by atoms with van der Waals surface area (Å²) < 4.78 is 0. The van der Waals surface area contributed by atoms with Gasteiger partial charge in [-0.15, -0.1) is 0 Å². The second-order valence-electron chi connectivity index (χ2n) is 5.31. The first-order valence-corrected chi connectivity index (χ1v) is 6.24. The van der Waals surface area contributed by atoms with Gasteiger partial charge in [-0.3, -0.25) is 9.69 Å². The van der Waals surface area contributed by atoms with Gasteiger partial charge in [-0.25, -0.2) is 4.98 Å². The number of hydrogen-bond acceptors (Lipinski definition) is 2. The Labute approximate surface area is 112 Å². The van der Waals surface area contributed by atoms with Gasteiger partial charge in [0.25, 0.3) is 0 Å². The maximum Gasteiger partial charge on any atom is 0.242 e. The summed E-state index contributed by atoms with van der Waals surface area (Å²) in [5, 5.41) is 0. The molecule has 1 aromatic carbocycles. The molecule has 0 unspecified atom stereocenters. The molecule has 2 aromatic rings. The highest BCUT2D eigenvalue weighted by Gasteiger charge is 2.45. The Morgan fingerprint density at radius 2 is 1.84 bits per heavy atom. The Morgan fingerprint density at radius 3 is 2.53 bits per heavy atom. The summed E-state index contributed by atoms with van der Waals surface area (Å²) >= 11 is 0. The van der Waals surface area contributed by atoms with Crippen LogP contribution in [-0.2, 0) is 10.2 Å². The highest BCUT2D eigenvalue weighted by molar-refractivity contribution is 6.11. The third-order valence-corrected chi connectivity index (χ3v) is 3.60. The predicted octanol–water partition coefficient (Wildman–Crippen LogP) is 3.22. The maximum absolute atomic E-state index is 12.6. The molecular weight excluding hydrogens is 236 g/mol. The zero-order valence-electron chi connectivity index (χ0n) is 11.1. The van der Waals surface area contributed by atoms with Gasteiger partial charge in [0, 0.05) is 11.8 Å². The molecule has 1 amide bonds. The third kappa shape index (κ3) is 1.65. The summed E-state index contributed by atoms with van der Waals surface area (Å²) in [7, 11) is 0. The van der Waals surface area contributed by atoms with E-state index in [9.17, 15) is 4.79 Å². The summed E-state index contributed by atoms with van der Waals surface area (Å²) in [5.41, 5.74) is 2.20. The van der Waals surface area contributed by atoms with Gasteiger partial charge in [-0.05, 0) is 44.5 Å². The van der Waals surface area contributed by atoms with Crippen molar-refractivity contribution in [2.75, 3.05) is 4.90 Å². The lowest BCUT2D eigenvalue weighted by Crippen LogP contribution is -2.33. The molecule has 1 aromatic heterocycles. The van der Waals surface area contributed by atoms with Crippen LogP contribution in [0.25, 0.3) is 0 Å². The highest BCUT2D eigenvalue weighted by atomic mass is 16.2. The molecular formula is C16H15N2O. The molecule has 0 spiro atoms. The Morgan fingerprint density at radius 1 is 1.16 bits per heavy atom. The van der Waals surface area contributed by atoms with E-state index in [2.05, 4.69) is 11.9 Å². The van der Waals surface area contributed by atoms with Crippen molar-refractivity contribution in [1.29, 1.82) is 0 Å². The van der Waals surface area contributed by atoms with Crippen molar-refractivity contribution in [2.24, 2.45) is 0 Å². The van der Waals surface area contributed by atoms with Crippen molar-refractivity contribution in [3.63, 3.8) is 0 Å². The molecule has 0 bridgehead atoms. The Balaban J connectivity index is 2.18. The summed E-state index contributed by atoms with van der Waals surface area (Å²) in [6.07, 6.45) is 1.72. The van der Waals surface area contributed by atoms with Gasteiger partial charge in [-0.1, -0.05) is 18.2 Å². The quantitative estimate of drug-likeness (QED) is 0.779. The van der Waals surface area contributed by atoms with E-state index in [1.807, 2.05) is 50.2 Å². The molecule has 0 saturated carbocycles. The topological polar surface area (TPSA) is 33.2 Å². The monoisotopic (exact) mass is 251 g/mol. The molecule has 0 N–H and O–H groups in total.